The van der Waals surface area contributed by atoms with Gasteiger partial charge in [-0.1, -0.05) is 35.9 Å². The van der Waals surface area contributed by atoms with Crippen molar-refractivity contribution in [1.29, 1.82) is 0 Å². The number of nitrogens with two attached hydrogens (primary N) is 1. The fraction of sp³-hybridized carbons (Fsp3) is 0.143. The second-order valence-electron chi connectivity index (χ2n) is 4.27. The Labute approximate surface area is 121 Å². The summed E-state index contributed by atoms with van der Waals surface area (Å²) in [7, 11) is 0. The molecule has 0 heterocycles. The minimum Gasteiger partial charge on any atom is -0.448 e. The maximum Gasteiger partial charge on any atom is 0.313 e. The first kappa shape index (κ1) is 14.3. The Morgan fingerprint density at radius 3 is 2.60 bits per heavy atom. The second kappa shape index (κ2) is 5.90. The van der Waals surface area contributed by atoms with Crippen LogP contribution in [0.5, 0.6) is 11.5 Å². The number of hydrogen-bond acceptors (Lipinski definition) is 4. The largest absolute Gasteiger partial charge is 0.448 e. The summed E-state index contributed by atoms with van der Waals surface area (Å²) in [6, 6.07) is 11.2. The Morgan fingerprint density at radius 1 is 1.25 bits per heavy atom. The van der Waals surface area contributed by atoms with E-state index >= 15 is 0 Å². The lowest BCUT2D eigenvalue weighted by molar-refractivity contribution is -0.385. The quantitative estimate of drug-likeness (QED) is 0.681. The summed E-state index contributed by atoms with van der Waals surface area (Å²) in [6.07, 6.45) is 0. The number of para-hydroxylation sites is 2. The molecule has 0 spiro atoms. The summed E-state index contributed by atoms with van der Waals surface area (Å²) in [6.45, 7) is 1.81. The van der Waals surface area contributed by atoms with Crippen LogP contribution in [-0.2, 0) is 0 Å². The third-order valence-corrected chi connectivity index (χ3v) is 3.06. The fourth-order valence-corrected chi connectivity index (χ4v) is 2.01. The first-order chi connectivity index (χ1) is 9.50. The van der Waals surface area contributed by atoms with Gasteiger partial charge in [0.25, 0.3) is 0 Å². The van der Waals surface area contributed by atoms with Crippen molar-refractivity contribution >= 4 is 17.3 Å². The molecule has 0 fully saturated rings. The lowest BCUT2D eigenvalue weighted by atomic mass is 10.1. The van der Waals surface area contributed by atoms with Crippen LogP contribution in [0.3, 0.4) is 0 Å². The molecular formula is C14H13ClN2O3. The molecule has 104 valence electrons. The second-order valence-corrected chi connectivity index (χ2v) is 4.68. The van der Waals surface area contributed by atoms with Gasteiger partial charge in [-0.25, -0.2) is 0 Å². The van der Waals surface area contributed by atoms with Crippen molar-refractivity contribution in [3.8, 4) is 11.5 Å². The van der Waals surface area contributed by atoms with Crippen LogP contribution in [0.2, 0.25) is 5.02 Å². The number of nitro groups is 1. The Balaban J connectivity index is 2.48. The molecule has 0 radical (unpaired) electrons. The number of benzene rings is 2. The van der Waals surface area contributed by atoms with E-state index in [1.807, 2.05) is 19.1 Å². The van der Waals surface area contributed by atoms with Gasteiger partial charge < -0.3 is 10.5 Å². The van der Waals surface area contributed by atoms with E-state index in [0.717, 1.165) is 5.56 Å². The predicted molar refractivity (Wildman–Crippen MR) is 77.2 cm³/mol. The van der Waals surface area contributed by atoms with Crippen molar-refractivity contribution in [3.05, 3.63) is 63.2 Å². The molecule has 0 aliphatic heterocycles. The van der Waals surface area contributed by atoms with E-state index in [1.54, 1.807) is 18.2 Å². The SMILES string of the molecule is C[C@H](N)c1ccccc1Oc1c(Cl)cccc1[N+](=O)[O-]. The van der Waals surface area contributed by atoms with Crippen LogP contribution < -0.4 is 10.5 Å². The van der Waals surface area contributed by atoms with Gasteiger partial charge in [0.15, 0.2) is 0 Å². The first-order valence-electron chi connectivity index (χ1n) is 5.96. The summed E-state index contributed by atoms with van der Waals surface area (Å²) in [5, 5.41) is 11.2. The lowest BCUT2D eigenvalue weighted by Gasteiger charge is -2.14. The highest BCUT2D eigenvalue weighted by atomic mass is 35.5. The molecule has 1 atom stereocenters. The van der Waals surface area contributed by atoms with E-state index in [1.165, 1.54) is 12.1 Å². The number of hydrogen-bond donors (Lipinski definition) is 1. The average molecular weight is 293 g/mol. The Hall–Kier alpha value is -2.11. The van der Waals surface area contributed by atoms with E-state index in [9.17, 15) is 10.1 Å². The summed E-state index contributed by atoms with van der Waals surface area (Å²) in [5.74, 6) is 0.478. The summed E-state index contributed by atoms with van der Waals surface area (Å²) in [4.78, 5) is 10.5. The number of rotatable bonds is 4. The minimum atomic E-state index is -0.532. The number of nitrogens with zero attached hydrogens (tertiary/aromatic N) is 1. The molecule has 0 bridgehead atoms. The molecule has 0 amide bonds. The molecule has 2 rings (SSSR count). The normalized spacial score (nSPS) is 11.9. The van der Waals surface area contributed by atoms with E-state index in [0.29, 0.717) is 5.75 Å². The maximum atomic E-state index is 11.0. The van der Waals surface area contributed by atoms with E-state index in [4.69, 9.17) is 22.1 Å². The molecular weight excluding hydrogens is 280 g/mol. The van der Waals surface area contributed by atoms with Crippen LogP contribution >= 0.6 is 11.6 Å². The van der Waals surface area contributed by atoms with Gasteiger partial charge in [0, 0.05) is 17.7 Å². The van der Waals surface area contributed by atoms with E-state index < -0.39 is 4.92 Å². The molecule has 20 heavy (non-hydrogen) atoms. The number of halogens is 1. The molecule has 0 aliphatic carbocycles. The molecule has 5 nitrogen and oxygen atoms in total. The smallest absolute Gasteiger partial charge is 0.313 e. The topological polar surface area (TPSA) is 78.4 Å². The molecule has 0 aliphatic rings. The summed E-state index contributed by atoms with van der Waals surface area (Å²) in [5.41, 5.74) is 6.43. The molecule has 0 saturated carbocycles. The standard InChI is InChI=1S/C14H13ClN2O3/c1-9(16)10-5-2-3-8-13(10)20-14-11(15)6-4-7-12(14)17(18)19/h2-9H,16H2,1H3/t9-/m0/s1. The number of ether oxygens (including phenoxy) is 1. The van der Waals surface area contributed by atoms with Crippen molar-refractivity contribution in [1.82, 2.24) is 0 Å². The Kier molecular flexibility index (Phi) is 4.22. The zero-order valence-electron chi connectivity index (χ0n) is 10.7. The van der Waals surface area contributed by atoms with Gasteiger partial charge in [-0.05, 0) is 19.1 Å². The monoisotopic (exact) mass is 292 g/mol. The van der Waals surface area contributed by atoms with Crippen molar-refractivity contribution in [2.75, 3.05) is 0 Å². The molecule has 2 aromatic rings. The van der Waals surface area contributed by atoms with Crippen LogP contribution in [0.25, 0.3) is 0 Å². The van der Waals surface area contributed by atoms with Crippen molar-refractivity contribution < 1.29 is 9.66 Å². The summed E-state index contributed by atoms with van der Waals surface area (Å²) < 4.78 is 5.64. The van der Waals surface area contributed by atoms with Crippen LogP contribution in [0.1, 0.15) is 18.5 Å². The third kappa shape index (κ3) is 2.89. The zero-order chi connectivity index (χ0) is 14.7. The fourth-order valence-electron chi connectivity index (χ4n) is 1.80. The van der Waals surface area contributed by atoms with Crippen molar-refractivity contribution in [2.24, 2.45) is 5.73 Å². The van der Waals surface area contributed by atoms with Gasteiger partial charge in [0.2, 0.25) is 5.75 Å². The molecule has 2 N–H and O–H groups in total. The minimum absolute atomic E-state index is 0.0206. The maximum absolute atomic E-state index is 11.0. The van der Waals surface area contributed by atoms with Crippen LogP contribution in [0.15, 0.2) is 42.5 Å². The van der Waals surface area contributed by atoms with Gasteiger partial charge >= 0.3 is 5.69 Å². The lowest BCUT2D eigenvalue weighted by Crippen LogP contribution is -2.06. The van der Waals surface area contributed by atoms with Gasteiger partial charge in [0.1, 0.15) is 5.75 Å². The molecule has 2 aromatic carbocycles. The van der Waals surface area contributed by atoms with Crippen LogP contribution in [-0.4, -0.2) is 4.92 Å². The molecule has 0 saturated heterocycles. The Bertz CT molecular complexity index is 644. The highest BCUT2D eigenvalue weighted by Crippen LogP contribution is 2.39. The van der Waals surface area contributed by atoms with Crippen molar-refractivity contribution in [2.45, 2.75) is 13.0 Å². The number of nitro benzene ring substituents is 1. The van der Waals surface area contributed by atoms with Crippen LogP contribution in [0, 0.1) is 10.1 Å². The van der Waals surface area contributed by atoms with Gasteiger partial charge in [-0.15, -0.1) is 0 Å². The third-order valence-electron chi connectivity index (χ3n) is 2.76. The predicted octanol–water partition coefficient (Wildman–Crippen LogP) is 4.06. The Morgan fingerprint density at radius 2 is 1.95 bits per heavy atom. The first-order valence-corrected chi connectivity index (χ1v) is 6.33. The van der Waals surface area contributed by atoms with Gasteiger partial charge in [-0.3, -0.25) is 10.1 Å². The average Bonchev–Trinajstić information content (AvgIpc) is 2.41. The van der Waals surface area contributed by atoms with E-state index in [-0.39, 0.29) is 22.5 Å². The zero-order valence-corrected chi connectivity index (χ0v) is 11.5. The van der Waals surface area contributed by atoms with Crippen LogP contribution in [0.4, 0.5) is 5.69 Å². The van der Waals surface area contributed by atoms with Gasteiger partial charge in [-0.2, -0.15) is 0 Å². The highest BCUT2D eigenvalue weighted by Gasteiger charge is 2.20. The van der Waals surface area contributed by atoms with Gasteiger partial charge in [0.05, 0.1) is 9.95 Å². The summed E-state index contributed by atoms with van der Waals surface area (Å²) >= 11 is 5.99. The van der Waals surface area contributed by atoms with E-state index in [2.05, 4.69) is 0 Å². The highest BCUT2D eigenvalue weighted by molar-refractivity contribution is 6.32. The molecule has 6 heteroatoms. The molecule has 0 aromatic heterocycles. The molecule has 0 unspecified atom stereocenters. The van der Waals surface area contributed by atoms with Crippen molar-refractivity contribution in [3.63, 3.8) is 0 Å².